The highest BCUT2D eigenvalue weighted by Crippen LogP contribution is 2.68. The Labute approximate surface area is 193 Å². The SMILES string of the molecule is C[C@H](CC[C@@H](O)C1COC1)[C@H]1CC[C@H]2[C@@H]3[C@H](O)C[C@@H]4C[C@H](O)CC[C@]4(C)[C@H]3C[C@H](O)[C@]12C. The van der Waals surface area contributed by atoms with Gasteiger partial charge in [0, 0.05) is 5.92 Å². The highest BCUT2D eigenvalue weighted by molar-refractivity contribution is 5.14. The van der Waals surface area contributed by atoms with Crippen molar-refractivity contribution in [3.8, 4) is 0 Å². The minimum absolute atomic E-state index is 0.129. The van der Waals surface area contributed by atoms with Gasteiger partial charge in [0.2, 0.25) is 0 Å². The Bertz CT molecular complexity index is 681. The third kappa shape index (κ3) is 3.52. The summed E-state index contributed by atoms with van der Waals surface area (Å²) in [7, 11) is 0. The number of aliphatic hydroxyl groups is 4. The molecule has 5 heteroatoms. The molecule has 5 rings (SSSR count). The van der Waals surface area contributed by atoms with Gasteiger partial charge in [-0.3, -0.25) is 0 Å². The maximum absolute atomic E-state index is 11.7. The second-order valence-corrected chi connectivity index (χ2v) is 12.9. The second-order valence-electron chi connectivity index (χ2n) is 12.9. The van der Waals surface area contributed by atoms with E-state index in [1.165, 1.54) is 0 Å². The first kappa shape index (κ1) is 23.5. The lowest BCUT2D eigenvalue weighted by Gasteiger charge is -2.63. The van der Waals surface area contributed by atoms with Gasteiger partial charge in [-0.1, -0.05) is 20.8 Å². The molecule has 5 fully saturated rings. The van der Waals surface area contributed by atoms with Gasteiger partial charge < -0.3 is 25.2 Å². The van der Waals surface area contributed by atoms with E-state index in [1.807, 2.05) is 0 Å². The molecule has 0 unspecified atom stereocenters. The monoisotopic (exact) mass is 450 g/mol. The summed E-state index contributed by atoms with van der Waals surface area (Å²) in [6.45, 7) is 8.40. The van der Waals surface area contributed by atoms with Crippen LogP contribution in [-0.4, -0.2) is 58.1 Å². The van der Waals surface area contributed by atoms with Crippen molar-refractivity contribution < 1.29 is 25.2 Å². The van der Waals surface area contributed by atoms with Crippen LogP contribution in [0.5, 0.6) is 0 Å². The van der Waals surface area contributed by atoms with E-state index in [0.717, 1.165) is 57.8 Å². The van der Waals surface area contributed by atoms with Gasteiger partial charge in [0.15, 0.2) is 0 Å². The molecule has 4 saturated carbocycles. The summed E-state index contributed by atoms with van der Waals surface area (Å²) in [5, 5.41) is 43.8. The lowest BCUT2D eigenvalue weighted by molar-refractivity contribution is -0.207. The van der Waals surface area contributed by atoms with Crippen LogP contribution in [-0.2, 0) is 4.74 Å². The van der Waals surface area contributed by atoms with E-state index in [1.54, 1.807) is 0 Å². The number of fused-ring (bicyclic) bond motifs is 5. The standard InChI is InChI=1S/C27H46O5/c1-15(4-7-22(29)16-13-32-14-16)19-5-6-20-25-21(12-24(31)27(19,20)3)26(2)9-8-18(28)10-17(26)11-23(25)30/h15-25,28-31H,4-14H2,1-3H3/t15-,17+,18-,19-,20+,21+,22-,23-,24+,25+,26+,27-/m1/s1. The summed E-state index contributed by atoms with van der Waals surface area (Å²) in [4.78, 5) is 0. The quantitative estimate of drug-likeness (QED) is 0.516. The first-order valence-electron chi connectivity index (χ1n) is 13.5. The molecule has 0 bridgehead atoms. The van der Waals surface area contributed by atoms with Crippen molar-refractivity contribution in [1.82, 2.24) is 0 Å². The van der Waals surface area contributed by atoms with E-state index in [-0.39, 0.29) is 41.2 Å². The zero-order chi connectivity index (χ0) is 22.8. The van der Waals surface area contributed by atoms with Gasteiger partial charge >= 0.3 is 0 Å². The van der Waals surface area contributed by atoms with Gasteiger partial charge in [-0.05, 0) is 104 Å². The number of ether oxygens (including phenoxy) is 1. The molecule has 0 aromatic carbocycles. The van der Waals surface area contributed by atoms with Crippen molar-refractivity contribution >= 4 is 0 Å². The van der Waals surface area contributed by atoms with Gasteiger partial charge in [0.05, 0.1) is 37.6 Å². The fourth-order valence-corrected chi connectivity index (χ4v) is 9.48. The Morgan fingerprint density at radius 1 is 0.938 bits per heavy atom. The van der Waals surface area contributed by atoms with Gasteiger partial charge in [-0.25, -0.2) is 0 Å². The van der Waals surface area contributed by atoms with Crippen molar-refractivity contribution in [3.05, 3.63) is 0 Å². The molecule has 0 radical (unpaired) electrons. The largest absolute Gasteiger partial charge is 0.393 e. The van der Waals surface area contributed by atoms with Crippen molar-refractivity contribution in [2.45, 2.75) is 103 Å². The highest BCUT2D eigenvalue weighted by Gasteiger charge is 2.65. The van der Waals surface area contributed by atoms with Gasteiger partial charge in [-0.15, -0.1) is 0 Å². The first-order valence-corrected chi connectivity index (χ1v) is 13.5. The molecular weight excluding hydrogens is 404 g/mol. The Balaban J connectivity index is 1.33. The molecule has 0 amide bonds. The maximum atomic E-state index is 11.7. The summed E-state index contributed by atoms with van der Waals surface area (Å²) in [6, 6.07) is 0. The zero-order valence-electron chi connectivity index (χ0n) is 20.3. The predicted octanol–water partition coefficient (Wildman–Crippen LogP) is 3.37. The van der Waals surface area contributed by atoms with Crippen LogP contribution in [0, 0.1) is 52.3 Å². The average molecular weight is 451 g/mol. The minimum atomic E-state index is -0.330. The van der Waals surface area contributed by atoms with Crippen LogP contribution < -0.4 is 0 Å². The number of rotatable bonds is 5. The van der Waals surface area contributed by atoms with Gasteiger partial charge in [0.25, 0.3) is 0 Å². The van der Waals surface area contributed by atoms with Gasteiger partial charge in [0.1, 0.15) is 0 Å². The first-order chi connectivity index (χ1) is 15.2. The van der Waals surface area contributed by atoms with Crippen LogP contribution in [0.25, 0.3) is 0 Å². The number of hydrogen-bond donors (Lipinski definition) is 4. The van der Waals surface area contributed by atoms with Crippen molar-refractivity contribution in [3.63, 3.8) is 0 Å². The van der Waals surface area contributed by atoms with Crippen molar-refractivity contribution in [2.24, 2.45) is 52.3 Å². The second kappa shape index (κ2) is 8.48. The minimum Gasteiger partial charge on any atom is -0.393 e. The summed E-state index contributed by atoms with van der Waals surface area (Å²) in [6.07, 6.45) is 7.19. The molecule has 1 aliphatic heterocycles. The molecule has 1 saturated heterocycles. The molecule has 0 aromatic rings. The molecule has 0 aromatic heterocycles. The van der Waals surface area contributed by atoms with Crippen molar-refractivity contribution in [2.75, 3.05) is 13.2 Å². The van der Waals surface area contributed by atoms with E-state index >= 15 is 0 Å². The smallest absolute Gasteiger partial charge is 0.0612 e. The van der Waals surface area contributed by atoms with Crippen LogP contribution in [0.15, 0.2) is 0 Å². The molecule has 184 valence electrons. The lowest BCUT2D eigenvalue weighted by Crippen LogP contribution is -2.62. The van der Waals surface area contributed by atoms with Crippen LogP contribution in [0.3, 0.4) is 0 Å². The molecule has 32 heavy (non-hydrogen) atoms. The Morgan fingerprint density at radius 2 is 1.69 bits per heavy atom. The highest BCUT2D eigenvalue weighted by atomic mass is 16.5. The van der Waals surface area contributed by atoms with E-state index in [9.17, 15) is 20.4 Å². The maximum Gasteiger partial charge on any atom is 0.0612 e. The summed E-state index contributed by atoms with van der Waals surface area (Å²) >= 11 is 0. The van der Waals surface area contributed by atoms with E-state index < -0.39 is 0 Å². The third-order valence-corrected chi connectivity index (χ3v) is 11.6. The zero-order valence-corrected chi connectivity index (χ0v) is 20.3. The summed E-state index contributed by atoms with van der Waals surface area (Å²) in [5.41, 5.74) is -0.0203. The fourth-order valence-electron chi connectivity index (χ4n) is 9.48. The Kier molecular flexibility index (Phi) is 6.24. The van der Waals surface area contributed by atoms with Crippen LogP contribution in [0.1, 0.15) is 78.6 Å². The molecule has 1 heterocycles. The number of aliphatic hydroxyl groups excluding tert-OH is 4. The van der Waals surface area contributed by atoms with E-state index in [0.29, 0.717) is 48.7 Å². The molecule has 0 spiro atoms. The van der Waals surface area contributed by atoms with Crippen LogP contribution in [0.2, 0.25) is 0 Å². The van der Waals surface area contributed by atoms with Crippen molar-refractivity contribution in [1.29, 1.82) is 0 Å². The molecule has 5 nitrogen and oxygen atoms in total. The normalized spacial score (nSPS) is 53.0. The summed E-state index contributed by atoms with van der Waals surface area (Å²) < 4.78 is 5.24. The average Bonchev–Trinajstić information content (AvgIpc) is 3.05. The fraction of sp³-hybridized carbons (Fsp3) is 1.00. The van der Waals surface area contributed by atoms with Gasteiger partial charge in [-0.2, -0.15) is 0 Å². The Hall–Kier alpha value is -0.200. The van der Waals surface area contributed by atoms with Crippen LogP contribution >= 0.6 is 0 Å². The lowest BCUT2D eigenvalue weighted by atomic mass is 9.43. The number of hydrogen-bond acceptors (Lipinski definition) is 5. The topological polar surface area (TPSA) is 90.2 Å². The summed E-state index contributed by atoms with van der Waals surface area (Å²) in [5.74, 6) is 2.57. The van der Waals surface area contributed by atoms with Crippen LogP contribution in [0.4, 0.5) is 0 Å². The molecule has 5 aliphatic rings. The Morgan fingerprint density at radius 3 is 2.38 bits per heavy atom. The third-order valence-electron chi connectivity index (χ3n) is 11.6. The predicted molar refractivity (Wildman–Crippen MR) is 123 cm³/mol. The van der Waals surface area contributed by atoms with E-state index in [2.05, 4.69) is 20.8 Å². The van der Waals surface area contributed by atoms with E-state index in [4.69, 9.17) is 4.74 Å². The molecular formula is C27H46O5. The molecule has 12 atom stereocenters. The molecule has 4 aliphatic carbocycles. The molecule has 4 N–H and O–H groups in total.